The molecule has 6 heteroatoms. The molecule has 1 atom stereocenters. The molecule has 0 saturated carbocycles. The number of ether oxygens (including phenoxy) is 3. The zero-order chi connectivity index (χ0) is 17.1. The van der Waals surface area contributed by atoms with Gasteiger partial charge in [-0.25, -0.2) is 0 Å². The van der Waals surface area contributed by atoms with Crippen LogP contribution in [0.15, 0.2) is 36.4 Å². The summed E-state index contributed by atoms with van der Waals surface area (Å²) in [6, 6.07) is 10.7. The monoisotopic (exact) mass is 347 g/mol. The fourth-order valence-corrected chi connectivity index (χ4v) is 2.47. The Balaban J connectivity index is 1.67. The quantitative estimate of drug-likeness (QED) is 0.913. The van der Waals surface area contributed by atoms with Crippen LogP contribution in [-0.2, 0) is 4.79 Å². The number of nitrogens with one attached hydrogen (secondary N) is 1. The number of hydrogen-bond acceptors (Lipinski definition) is 4. The fourth-order valence-electron chi connectivity index (χ4n) is 2.31. The third-order valence-electron chi connectivity index (χ3n) is 3.57. The van der Waals surface area contributed by atoms with Crippen LogP contribution in [-0.4, -0.2) is 25.2 Å². The van der Waals surface area contributed by atoms with E-state index in [0.29, 0.717) is 41.2 Å². The summed E-state index contributed by atoms with van der Waals surface area (Å²) in [7, 11) is 0. The van der Waals surface area contributed by atoms with Crippen LogP contribution in [0.1, 0.15) is 12.5 Å². The highest BCUT2D eigenvalue weighted by molar-refractivity contribution is 6.32. The molecule has 0 saturated heterocycles. The lowest BCUT2D eigenvalue weighted by atomic mass is 10.2. The molecule has 5 nitrogen and oxygen atoms in total. The molecule has 2 aromatic rings. The van der Waals surface area contributed by atoms with Crippen LogP contribution in [0, 0.1) is 6.92 Å². The zero-order valence-electron chi connectivity index (χ0n) is 13.5. The standard InChI is InChI=1S/C18H18ClNO4/c1-11-3-5-14(19)16(9-11)24-12(2)18(21)20-13-4-6-15-17(10-13)23-8-7-22-15/h3-6,9-10,12H,7-8H2,1-2H3,(H,20,21)/t12-/m0/s1. The summed E-state index contributed by atoms with van der Waals surface area (Å²) < 4.78 is 16.6. The Labute approximate surface area is 145 Å². The Morgan fingerprint density at radius 1 is 1.17 bits per heavy atom. The minimum absolute atomic E-state index is 0.274. The summed E-state index contributed by atoms with van der Waals surface area (Å²) in [4.78, 5) is 12.3. The molecule has 1 amide bonds. The Morgan fingerprint density at radius 3 is 2.71 bits per heavy atom. The van der Waals surface area contributed by atoms with E-state index in [1.807, 2.05) is 13.0 Å². The molecule has 0 radical (unpaired) electrons. The van der Waals surface area contributed by atoms with Crippen LogP contribution in [0.4, 0.5) is 5.69 Å². The van der Waals surface area contributed by atoms with Gasteiger partial charge in [0, 0.05) is 11.8 Å². The number of benzene rings is 2. The lowest BCUT2D eigenvalue weighted by Crippen LogP contribution is -2.30. The van der Waals surface area contributed by atoms with Crippen LogP contribution in [0.25, 0.3) is 0 Å². The van der Waals surface area contributed by atoms with Crippen molar-refractivity contribution in [3.8, 4) is 17.2 Å². The van der Waals surface area contributed by atoms with Gasteiger partial charge in [0.2, 0.25) is 0 Å². The fraction of sp³-hybridized carbons (Fsp3) is 0.278. The van der Waals surface area contributed by atoms with E-state index in [1.165, 1.54) is 0 Å². The van der Waals surface area contributed by atoms with Gasteiger partial charge in [-0.2, -0.15) is 0 Å². The minimum atomic E-state index is -0.697. The van der Waals surface area contributed by atoms with Crippen molar-refractivity contribution in [1.82, 2.24) is 0 Å². The number of halogens is 1. The number of carbonyl (C=O) groups excluding carboxylic acids is 1. The molecule has 0 aliphatic carbocycles. The molecule has 0 fully saturated rings. The zero-order valence-corrected chi connectivity index (χ0v) is 14.2. The Hall–Kier alpha value is -2.40. The number of rotatable bonds is 4. The van der Waals surface area contributed by atoms with E-state index in [2.05, 4.69) is 5.32 Å². The van der Waals surface area contributed by atoms with Crippen LogP contribution in [0.5, 0.6) is 17.2 Å². The van der Waals surface area contributed by atoms with Crippen LogP contribution >= 0.6 is 11.6 Å². The van der Waals surface area contributed by atoms with Crippen LogP contribution in [0.2, 0.25) is 5.02 Å². The van der Waals surface area contributed by atoms with Gasteiger partial charge >= 0.3 is 0 Å². The maximum atomic E-state index is 12.3. The van der Waals surface area contributed by atoms with E-state index in [9.17, 15) is 4.79 Å². The molecule has 1 N–H and O–H groups in total. The number of aryl methyl sites for hydroxylation is 1. The van der Waals surface area contributed by atoms with Gasteiger partial charge in [0.25, 0.3) is 5.91 Å². The molecule has 1 heterocycles. The average Bonchev–Trinajstić information content (AvgIpc) is 2.58. The molecule has 1 aliphatic heterocycles. The first-order chi connectivity index (χ1) is 11.5. The van der Waals surface area contributed by atoms with Crippen molar-refractivity contribution in [2.45, 2.75) is 20.0 Å². The highest BCUT2D eigenvalue weighted by atomic mass is 35.5. The summed E-state index contributed by atoms with van der Waals surface area (Å²) >= 11 is 6.10. The van der Waals surface area contributed by atoms with Gasteiger partial charge in [-0.05, 0) is 43.7 Å². The van der Waals surface area contributed by atoms with Gasteiger partial charge in [0.05, 0.1) is 5.02 Å². The summed E-state index contributed by atoms with van der Waals surface area (Å²) in [6.45, 7) is 4.63. The average molecular weight is 348 g/mol. The van der Waals surface area contributed by atoms with Crippen molar-refractivity contribution in [3.05, 3.63) is 47.0 Å². The summed E-state index contributed by atoms with van der Waals surface area (Å²) in [5, 5.41) is 3.28. The SMILES string of the molecule is Cc1ccc(Cl)c(O[C@@H](C)C(=O)Nc2ccc3c(c2)OCCO3)c1. The third kappa shape index (κ3) is 3.74. The van der Waals surface area contributed by atoms with Gasteiger partial charge in [0.15, 0.2) is 17.6 Å². The molecule has 1 aliphatic rings. The number of anilines is 1. The van der Waals surface area contributed by atoms with Gasteiger partial charge in [-0.1, -0.05) is 17.7 Å². The van der Waals surface area contributed by atoms with Crippen molar-refractivity contribution in [2.75, 3.05) is 18.5 Å². The first kappa shape index (κ1) is 16.5. The predicted molar refractivity (Wildman–Crippen MR) is 92.3 cm³/mol. The van der Waals surface area contributed by atoms with Gasteiger partial charge in [-0.15, -0.1) is 0 Å². The molecule has 3 rings (SSSR count). The first-order valence-electron chi connectivity index (χ1n) is 7.66. The Morgan fingerprint density at radius 2 is 1.92 bits per heavy atom. The second kappa shape index (κ2) is 7.01. The van der Waals surface area contributed by atoms with Gasteiger partial charge in [-0.3, -0.25) is 4.79 Å². The molecule has 0 spiro atoms. The molecular formula is C18H18ClNO4. The van der Waals surface area contributed by atoms with E-state index < -0.39 is 6.10 Å². The molecule has 0 unspecified atom stereocenters. The number of carbonyl (C=O) groups is 1. The molecule has 2 aromatic carbocycles. The topological polar surface area (TPSA) is 56.8 Å². The maximum absolute atomic E-state index is 12.3. The molecular weight excluding hydrogens is 330 g/mol. The Bertz CT molecular complexity index is 763. The third-order valence-corrected chi connectivity index (χ3v) is 3.88. The molecule has 126 valence electrons. The Kier molecular flexibility index (Phi) is 4.81. The minimum Gasteiger partial charge on any atom is -0.486 e. The van der Waals surface area contributed by atoms with Crippen molar-refractivity contribution in [3.63, 3.8) is 0 Å². The van der Waals surface area contributed by atoms with E-state index in [0.717, 1.165) is 5.56 Å². The summed E-state index contributed by atoms with van der Waals surface area (Å²) in [5.74, 6) is 1.51. The van der Waals surface area contributed by atoms with E-state index >= 15 is 0 Å². The summed E-state index contributed by atoms with van der Waals surface area (Å²) in [5.41, 5.74) is 1.63. The predicted octanol–water partition coefficient (Wildman–Crippen LogP) is 3.83. The molecule has 24 heavy (non-hydrogen) atoms. The first-order valence-corrected chi connectivity index (χ1v) is 8.04. The molecule has 0 bridgehead atoms. The van der Waals surface area contributed by atoms with E-state index in [-0.39, 0.29) is 5.91 Å². The van der Waals surface area contributed by atoms with Crippen molar-refractivity contribution < 1.29 is 19.0 Å². The number of amides is 1. The molecule has 0 aromatic heterocycles. The smallest absolute Gasteiger partial charge is 0.265 e. The highest BCUT2D eigenvalue weighted by Crippen LogP contribution is 2.32. The normalized spacial score (nSPS) is 14.0. The summed E-state index contributed by atoms with van der Waals surface area (Å²) in [6.07, 6.45) is -0.697. The second-order valence-electron chi connectivity index (χ2n) is 5.54. The maximum Gasteiger partial charge on any atom is 0.265 e. The van der Waals surface area contributed by atoms with Crippen molar-refractivity contribution >= 4 is 23.2 Å². The lowest BCUT2D eigenvalue weighted by molar-refractivity contribution is -0.122. The number of fused-ring (bicyclic) bond motifs is 1. The van der Waals surface area contributed by atoms with Gasteiger partial charge < -0.3 is 19.5 Å². The lowest BCUT2D eigenvalue weighted by Gasteiger charge is -2.20. The van der Waals surface area contributed by atoms with Crippen molar-refractivity contribution in [1.29, 1.82) is 0 Å². The van der Waals surface area contributed by atoms with Crippen LogP contribution < -0.4 is 19.5 Å². The van der Waals surface area contributed by atoms with E-state index in [4.69, 9.17) is 25.8 Å². The van der Waals surface area contributed by atoms with Crippen molar-refractivity contribution in [2.24, 2.45) is 0 Å². The highest BCUT2D eigenvalue weighted by Gasteiger charge is 2.18. The van der Waals surface area contributed by atoms with Crippen LogP contribution in [0.3, 0.4) is 0 Å². The second-order valence-corrected chi connectivity index (χ2v) is 5.95. The van der Waals surface area contributed by atoms with Gasteiger partial charge in [0.1, 0.15) is 19.0 Å². The largest absolute Gasteiger partial charge is 0.486 e. The van der Waals surface area contributed by atoms with E-state index in [1.54, 1.807) is 37.3 Å². The number of hydrogen-bond donors (Lipinski definition) is 1.